The highest BCUT2D eigenvalue weighted by atomic mass is 79.9. The molecule has 4 nitrogen and oxygen atoms in total. The Kier molecular flexibility index (Phi) is 4.91. The molecule has 1 amide bonds. The maximum absolute atomic E-state index is 12.4. The van der Waals surface area contributed by atoms with Crippen LogP contribution >= 0.6 is 15.9 Å². The lowest BCUT2D eigenvalue weighted by atomic mass is 10.2. The number of rotatable bonds is 4. The van der Waals surface area contributed by atoms with Crippen LogP contribution in [0.5, 0.6) is 0 Å². The van der Waals surface area contributed by atoms with Gasteiger partial charge in [0.05, 0.1) is 0 Å². The molecular weight excluding hydrogens is 366 g/mol. The zero-order valence-corrected chi connectivity index (χ0v) is 14.7. The van der Waals surface area contributed by atoms with Crippen LogP contribution in [0.4, 0.5) is 17.1 Å². The molecule has 120 valence electrons. The summed E-state index contributed by atoms with van der Waals surface area (Å²) >= 11 is 3.37. The molecule has 0 radical (unpaired) electrons. The lowest BCUT2D eigenvalue weighted by Crippen LogP contribution is -2.13. The summed E-state index contributed by atoms with van der Waals surface area (Å²) in [5.74, 6) is -0.245. The maximum Gasteiger partial charge on any atom is 0.274 e. The van der Waals surface area contributed by atoms with Crippen LogP contribution in [0.15, 0.2) is 71.3 Å². The maximum atomic E-state index is 12.4. The van der Waals surface area contributed by atoms with E-state index >= 15 is 0 Å². The highest BCUT2D eigenvalue weighted by Gasteiger charge is 2.09. The quantitative estimate of drug-likeness (QED) is 0.656. The van der Waals surface area contributed by atoms with Crippen molar-refractivity contribution in [3.05, 3.63) is 82.6 Å². The van der Waals surface area contributed by atoms with Gasteiger partial charge in [0.25, 0.3) is 5.91 Å². The van der Waals surface area contributed by atoms with Gasteiger partial charge in [0.15, 0.2) is 0 Å². The zero-order chi connectivity index (χ0) is 16.9. The SMILES string of the molecule is Cc1ccccc1Nc1ccnc(C(=O)Nc2ccc(Br)cc2)c1. The minimum Gasteiger partial charge on any atom is -0.355 e. The summed E-state index contributed by atoms with van der Waals surface area (Å²) in [4.78, 5) is 16.5. The van der Waals surface area contributed by atoms with Crippen LogP contribution in [0.25, 0.3) is 0 Å². The van der Waals surface area contributed by atoms with Gasteiger partial charge in [0.1, 0.15) is 5.69 Å². The number of anilines is 3. The van der Waals surface area contributed by atoms with Crippen molar-refractivity contribution in [2.45, 2.75) is 6.92 Å². The molecule has 2 N–H and O–H groups in total. The van der Waals surface area contributed by atoms with E-state index in [2.05, 4.69) is 31.5 Å². The first-order valence-corrected chi connectivity index (χ1v) is 8.27. The fraction of sp³-hybridized carbons (Fsp3) is 0.0526. The zero-order valence-electron chi connectivity index (χ0n) is 13.1. The monoisotopic (exact) mass is 381 g/mol. The second-order valence-electron chi connectivity index (χ2n) is 5.33. The van der Waals surface area contributed by atoms with Crippen molar-refractivity contribution in [3.63, 3.8) is 0 Å². The van der Waals surface area contributed by atoms with Gasteiger partial charge in [0, 0.05) is 27.7 Å². The summed E-state index contributed by atoms with van der Waals surface area (Å²) < 4.78 is 0.961. The summed E-state index contributed by atoms with van der Waals surface area (Å²) in [6.45, 7) is 2.03. The van der Waals surface area contributed by atoms with Crippen LogP contribution in [0.1, 0.15) is 16.1 Å². The van der Waals surface area contributed by atoms with Crippen molar-refractivity contribution in [2.75, 3.05) is 10.6 Å². The van der Waals surface area contributed by atoms with Crippen molar-refractivity contribution in [3.8, 4) is 0 Å². The Morgan fingerprint density at radius 3 is 2.50 bits per heavy atom. The Morgan fingerprint density at radius 1 is 1.00 bits per heavy atom. The van der Waals surface area contributed by atoms with E-state index in [9.17, 15) is 4.79 Å². The number of carbonyl (C=O) groups is 1. The second-order valence-corrected chi connectivity index (χ2v) is 6.25. The van der Waals surface area contributed by atoms with Crippen LogP contribution in [-0.2, 0) is 0 Å². The topological polar surface area (TPSA) is 54.0 Å². The molecule has 24 heavy (non-hydrogen) atoms. The fourth-order valence-electron chi connectivity index (χ4n) is 2.23. The number of aromatic nitrogens is 1. The van der Waals surface area contributed by atoms with Crippen LogP contribution in [0, 0.1) is 6.92 Å². The molecule has 2 aromatic carbocycles. The van der Waals surface area contributed by atoms with Gasteiger partial charge in [0.2, 0.25) is 0 Å². The standard InChI is InChI=1S/C19H16BrN3O/c1-13-4-2-3-5-17(13)22-16-10-11-21-18(12-16)19(24)23-15-8-6-14(20)7-9-15/h2-12H,1H3,(H,21,22)(H,23,24). The van der Waals surface area contributed by atoms with E-state index in [1.54, 1.807) is 12.3 Å². The Balaban J connectivity index is 1.76. The first kappa shape index (κ1) is 16.2. The van der Waals surface area contributed by atoms with Gasteiger partial charge in [-0.05, 0) is 55.0 Å². The van der Waals surface area contributed by atoms with E-state index in [-0.39, 0.29) is 5.91 Å². The van der Waals surface area contributed by atoms with Gasteiger partial charge in [-0.2, -0.15) is 0 Å². The third kappa shape index (κ3) is 4.00. The highest BCUT2D eigenvalue weighted by Crippen LogP contribution is 2.21. The number of nitrogens with zero attached hydrogens (tertiary/aromatic N) is 1. The van der Waals surface area contributed by atoms with Gasteiger partial charge < -0.3 is 10.6 Å². The second kappa shape index (κ2) is 7.27. The summed E-state index contributed by atoms with van der Waals surface area (Å²) in [7, 11) is 0. The number of hydrogen-bond donors (Lipinski definition) is 2. The molecule has 0 bridgehead atoms. The van der Waals surface area contributed by atoms with E-state index < -0.39 is 0 Å². The highest BCUT2D eigenvalue weighted by molar-refractivity contribution is 9.10. The number of para-hydroxylation sites is 1. The third-order valence-electron chi connectivity index (χ3n) is 3.52. The molecule has 0 aliphatic heterocycles. The number of pyridine rings is 1. The first-order valence-electron chi connectivity index (χ1n) is 7.47. The smallest absolute Gasteiger partial charge is 0.274 e. The average Bonchev–Trinajstić information content (AvgIpc) is 2.59. The number of carbonyl (C=O) groups excluding carboxylic acids is 1. The van der Waals surface area contributed by atoms with Crippen LogP contribution in [0.3, 0.4) is 0 Å². The average molecular weight is 382 g/mol. The number of aryl methyl sites for hydroxylation is 1. The minimum absolute atomic E-state index is 0.245. The van der Waals surface area contributed by atoms with Crippen molar-refractivity contribution >= 4 is 38.9 Å². The molecule has 0 saturated heterocycles. The Labute approximate surface area is 149 Å². The lowest BCUT2D eigenvalue weighted by molar-refractivity contribution is 0.102. The van der Waals surface area contributed by atoms with Gasteiger partial charge in [-0.1, -0.05) is 34.1 Å². The molecule has 1 heterocycles. The van der Waals surface area contributed by atoms with E-state index in [1.165, 1.54) is 0 Å². The van der Waals surface area contributed by atoms with E-state index in [0.29, 0.717) is 5.69 Å². The van der Waals surface area contributed by atoms with Crippen molar-refractivity contribution in [2.24, 2.45) is 0 Å². The summed E-state index contributed by atoms with van der Waals surface area (Å²) in [6, 6.07) is 19.0. The summed E-state index contributed by atoms with van der Waals surface area (Å²) in [5.41, 5.74) is 4.04. The Hall–Kier alpha value is -2.66. The molecule has 1 aromatic heterocycles. The predicted octanol–water partition coefficient (Wildman–Crippen LogP) is 5.15. The van der Waals surface area contributed by atoms with Crippen LogP contribution < -0.4 is 10.6 Å². The number of benzene rings is 2. The normalized spacial score (nSPS) is 10.2. The Morgan fingerprint density at radius 2 is 1.75 bits per heavy atom. The van der Waals surface area contributed by atoms with E-state index in [1.807, 2.05) is 61.5 Å². The van der Waals surface area contributed by atoms with Crippen LogP contribution in [0.2, 0.25) is 0 Å². The minimum atomic E-state index is -0.245. The Bertz CT molecular complexity index is 862. The molecular formula is C19H16BrN3O. The van der Waals surface area contributed by atoms with Gasteiger partial charge >= 0.3 is 0 Å². The molecule has 0 atom stereocenters. The fourth-order valence-corrected chi connectivity index (χ4v) is 2.49. The van der Waals surface area contributed by atoms with Gasteiger partial charge in [-0.15, -0.1) is 0 Å². The number of nitrogens with one attached hydrogen (secondary N) is 2. The number of hydrogen-bond acceptors (Lipinski definition) is 3. The third-order valence-corrected chi connectivity index (χ3v) is 4.05. The molecule has 3 rings (SSSR count). The molecule has 0 unspecified atom stereocenters. The number of amides is 1. The van der Waals surface area contributed by atoms with Gasteiger partial charge in [-0.25, -0.2) is 0 Å². The van der Waals surface area contributed by atoms with Crippen molar-refractivity contribution < 1.29 is 4.79 Å². The molecule has 0 aliphatic carbocycles. The van der Waals surface area contributed by atoms with E-state index in [4.69, 9.17) is 0 Å². The lowest BCUT2D eigenvalue weighted by Gasteiger charge is -2.10. The van der Waals surface area contributed by atoms with E-state index in [0.717, 1.165) is 27.1 Å². The largest absolute Gasteiger partial charge is 0.355 e. The molecule has 0 fully saturated rings. The molecule has 0 aliphatic rings. The predicted molar refractivity (Wildman–Crippen MR) is 101 cm³/mol. The molecule has 5 heteroatoms. The van der Waals surface area contributed by atoms with Gasteiger partial charge in [-0.3, -0.25) is 9.78 Å². The van der Waals surface area contributed by atoms with Crippen molar-refractivity contribution in [1.29, 1.82) is 0 Å². The molecule has 0 saturated carbocycles. The first-order chi connectivity index (χ1) is 11.6. The summed E-state index contributed by atoms with van der Waals surface area (Å²) in [5, 5.41) is 6.15. The molecule has 0 spiro atoms. The van der Waals surface area contributed by atoms with Crippen LogP contribution in [-0.4, -0.2) is 10.9 Å². The summed E-state index contributed by atoms with van der Waals surface area (Å²) in [6.07, 6.45) is 1.62. The number of halogens is 1. The molecule has 3 aromatic rings. The van der Waals surface area contributed by atoms with Crippen molar-refractivity contribution in [1.82, 2.24) is 4.98 Å².